The summed E-state index contributed by atoms with van der Waals surface area (Å²) in [6, 6.07) is 13.5. The highest BCUT2D eigenvalue weighted by atomic mass is 35.5. The van der Waals surface area contributed by atoms with Crippen molar-refractivity contribution in [1.29, 1.82) is 21.2 Å². The first-order valence-electron chi connectivity index (χ1n) is 8.51. The smallest absolute Gasteiger partial charge is 0.189 e. The molecular weight excluding hydrogens is 346 g/mol. The third-order valence-corrected chi connectivity index (χ3v) is 5.76. The van der Waals surface area contributed by atoms with Crippen LogP contribution in [-0.4, -0.2) is 30.2 Å². The van der Waals surface area contributed by atoms with Gasteiger partial charge < -0.3 is 5.41 Å². The van der Waals surface area contributed by atoms with Crippen molar-refractivity contribution in [2.45, 2.75) is 12.8 Å². The molecule has 1 unspecified atom stereocenters. The van der Waals surface area contributed by atoms with Crippen molar-refractivity contribution in [1.82, 2.24) is 4.90 Å². The van der Waals surface area contributed by atoms with Crippen LogP contribution in [0.3, 0.4) is 0 Å². The van der Waals surface area contributed by atoms with Gasteiger partial charge in [0.05, 0.1) is 23.9 Å². The molecule has 0 bridgehead atoms. The Balaban J connectivity index is 2.26. The molecule has 0 amide bonds. The van der Waals surface area contributed by atoms with Gasteiger partial charge in [0.2, 0.25) is 0 Å². The van der Waals surface area contributed by atoms with Crippen molar-refractivity contribution in [3.8, 4) is 18.2 Å². The van der Waals surface area contributed by atoms with E-state index in [9.17, 15) is 15.8 Å². The van der Waals surface area contributed by atoms with E-state index in [2.05, 4.69) is 30.0 Å². The monoisotopic (exact) mass is 363 g/mol. The molecule has 2 aliphatic rings. The van der Waals surface area contributed by atoms with E-state index in [0.29, 0.717) is 18.1 Å². The lowest BCUT2D eigenvalue weighted by Gasteiger charge is -2.47. The van der Waals surface area contributed by atoms with Crippen LogP contribution in [0.15, 0.2) is 35.9 Å². The number of nitrogens with zero attached hydrogens (tertiary/aromatic N) is 4. The average Bonchev–Trinajstić information content (AvgIpc) is 2.66. The molecule has 1 aliphatic heterocycles. The molecule has 3 atom stereocenters. The SMILES string of the molecule is CCN1CC=C2C(C#N)C(=N)C(C#N)(C#N)[C@@H](c3cccc(Cl)c3)[C@@H]2C1. The van der Waals surface area contributed by atoms with Gasteiger partial charge in [0.25, 0.3) is 0 Å². The van der Waals surface area contributed by atoms with E-state index in [1.807, 2.05) is 12.1 Å². The molecule has 1 aromatic carbocycles. The topological polar surface area (TPSA) is 98.5 Å². The minimum atomic E-state index is -1.68. The Morgan fingerprint density at radius 1 is 1.31 bits per heavy atom. The van der Waals surface area contributed by atoms with Crippen LogP contribution in [0.2, 0.25) is 5.02 Å². The van der Waals surface area contributed by atoms with Gasteiger partial charge in [-0.25, -0.2) is 0 Å². The van der Waals surface area contributed by atoms with Gasteiger partial charge in [-0.2, -0.15) is 15.8 Å². The van der Waals surface area contributed by atoms with Crippen LogP contribution in [0.25, 0.3) is 0 Å². The summed E-state index contributed by atoms with van der Waals surface area (Å²) in [6.07, 6.45) is 2.00. The number of fused-ring (bicyclic) bond motifs is 1. The summed E-state index contributed by atoms with van der Waals surface area (Å²) in [5.74, 6) is -1.54. The van der Waals surface area contributed by atoms with Gasteiger partial charge in [0, 0.05) is 29.9 Å². The van der Waals surface area contributed by atoms with Gasteiger partial charge in [-0.15, -0.1) is 0 Å². The van der Waals surface area contributed by atoms with Crippen molar-refractivity contribution < 1.29 is 0 Å². The van der Waals surface area contributed by atoms with Crippen molar-refractivity contribution in [3.63, 3.8) is 0 Å². The second kappa shape index (κ2) is 6.93. The number of hydrogen-bond acceptors (Lipinski definition) is 5. The zero-order valence-electron chi connectivity index (χ0n) is 14.4. The fourth-order valence-corrected chi connectivity index (χ4v) is 4.40. The van der Waals surface area contributed by atoms with Crippen LogP contribution in [0.4, 0.5) is 0 Å². The van der Waals surface area contributed by atoms with Crippen LogP contribution in [0.5, 0.6) is 0 Å². The lowest BCUT2D eigenvalue weighted by molar-refractivity contribution is 0.212. The first-order valence-corrected chi connectivity index (χ1v) is 8.89. The van der Waals surface area contributed by atoms with E-state index in [0.717, 1.165) is 17.7 Å². The molecule has 1 N–H and O–H groups in total. The highest BCUT2D eigenvalue weighted by Crippen LogP contribution is 2.53. The number of halogens is 1. The predicted molar refractivity (Wildman–Crippen MR) is 98.4 cm³/mol. The first kappa shape index (κ1) is 18.2. The van der Waals surface area contributed by atoms with Crippen LogP contribution in [-0.2, 0) is 0 Å². The standard InChI is InChI=1S/C20H18ClN5/c1-2-26-7-6-15-16(9-22)19(25)20(11-23,12-24)18(17(15)10-26)13-4-3-5-14(21)8-13/h3-6,8,16-18,25H,2,7,10H2,1H3/t16?,17-,18+/m1/s1. The number of rotatable bonds is 2. The molecule has 0 aromatic heterocycles. The Morgan fingerprint density at radius 2 is 2.04 bits per heavy atom. The quantitative estimate of drug-likeness (QED) is 0.812. The van der Waals surface area contributed by atoms with Gasteiger partial charge in [0.1, 0.15) is 5.92 Å². The summed E-state index contributed by atoms with van der Waals surface area (Å²) >= 11 is 6.17. The molecule has 130 valence electrons. The maximum atomic E-state index is 9.95. The molecule has 3 rings (SSSR count). The first-order chi connectivity index (χ1) is 12.5. The summed E-state index contributed by atoms with van der Waals surface area (Å²) in [6.45, 7) is 4.25. The second-order valence-electron chi connectivity index (χ2n) is 6.70. The Bertz CT molecular complexity index is 884. The number of likely N-dealkylation sites (N-methyl/N-ethyl adjacent to an activating group) is 1. The molecule has 0 saturated heterocycles. The minimum absolute atomic E-state index is 0.123. The number of nitrogens with one attached hydrogen (secondary N) is 1. The molecule has 6 heteroatoms. The summed E-state index contributed by atoms with van der Waals surface area (Å²) in [5, 5.41) is 38.6. The number of nitriles is 3. The number of benzene rings is 1. The summed E-state index contributed by atoms with van der Waals surface area (Å²) in [4.78, 5) is 2.22. The Morgan fingerprint density at radius 3 is 2.62 bits per heavy atom. The molecule has 0 radical (unpaired) electrons. The fourth-order valence-electron chi connectivity index (χ4n) is 4.20. The molecule has 0 spiro atoms. The molecule has 26 heavy (non-hydrogen) atoms. The maximum absolute atomic E-state index is 9.95. The zero-order chi connectivity index (χ0) is 18.9. The van der Waals surface area contributed by atoms with Crippen molar-refractivity contribution in [2.75, 3.05) is 19.6 Å². The lowest BCUT2D eigenvalue weighted by Crippen LogP contribution is -2.52. The van der Waals surface area contributed by atoms with Crippen molar-refractivity contribution in [3.05, 3.63) is 46.5 Å². The third kappa shape index (κ3) is 2.60. The highest BCUT2D eigenvalue weighted by molar-refractivity contribution is 6.30. The van der Waals surface area contributed by atoms with Crippen LogP contribution in [0.1, 0.15) is 18.4 Å². The summed E-state index contributed by atoms with van der Waals surface area (Å²) in [7, 11) is 0. The third-order valence-electron chi connectivity index (χ3n) is 5.52. The van der Waals surface area contributed by atoms with E-state index in [1.165, 1.54) is 0 Å². The molecule has 1 aromatic rings. The molecule has 1 saturated carbocycles. The van der Waals surface area contributed by atoms with Crippen LogP contribution >= 0.6 is 11.6 Å². The molecule has 1 fully saturated rings. The molecular formula is C20H18ClN5. The average molecular weight is 364 g/mol. The lowest BCUT2D eigenvalue weighted by atomic mass is 9.54. The summed E-state index contributed by atoms with van der Waals surface area (Å²) in [5.41, 5.74) is -0.185. The predicted octanol–water partition coefficient (Wildman–Crippen LogP) is 3.51. The zero-order valence-corrected chi connectivity index (χ0v) is 15.2. The van der Waals surface area contributed by atoms with Crippen molar-refractivity contribution >= 4 is 17.3 Å². The van der Waals surface area contributed by atoms with Gasteiger partial charge in [-0.1, -0.05) is 36.7 Å². The largest absolute Gasteiger partial charge is 0.305 e. The van der Waals surface area contributed by atoms with Gasteiger partial charge >= 0.3 is 0 Å². The van der Waals surface area contributed by atoms with E-state index in [4.69, 9.17) is 17.0 Å². The number of hydrogen-bond donors (Lipinski definition) is 1. The Kier molecular flexibility index (Phi) is 4.84. The van der Waals surface area contributed by atoms with Gasteiger partial charge in [-0.3, -0.25) is 4.90 Å². The molecule has 1 aliphatic carbocycles. The van der Waals surface area contributed by atoms with E-state index < -0.39 is 17.3 Å². The van der Waals surface area contributed by atoms with E-state index in [1.54, 1.807) is 18.2 Å². The fraction of sp³-hybridized carbons (Fsp3) is 0.400. The Labute approximate surface area is 158 Å². The second-order valence-corrected chi connectivity index (χ2v) is 7.14. The van der Waals surface area contributed by atoms with Gasteiger partial charge in [0.15, 0.2) is 5.41 Å². The van der Waals surface area contributed by atoms with E-state index in [-0.39, 0.29) is 11.6 Å². The Hall–Kier alpha value is -2.65. The normalized spacial score (nSPS) is 27.4. The molecule has 5 nitrogen and oxygen atoms in total. The van der Waals surface area contributed by atoms with Gasteiger partial charge in [-0.05, 0) is 29.8 Å². The van der Waals surface area contributed by atoms with Crippen LogP contribution < -0.4 is 0 Å². The summed E-state index contributed by atoms with van der Waals surface area (Å²) < 4.78 is 0. The highest BCUT2D eigenvalue weighted by Gasteiger charge is 2.57. The van der Waals surface area contributed by atoms with E-state index >= 15 is 0 Å². The minimum Gasteiger partial charge on any atom is -0.305 e. The maximum Gasteiger partial charge on any atom is 0.189 e. The van der Waals surface area contributed by atoms with Crippen molar-refractivity contribution in [2.24, 2.45) is 17.3 Å². The van der Waals surface area contributed by atoms with Crippen LogP contribution in [0, 0.1) is 56.7 Å². The molecule has 1 heterocycles.